The second kappa shape index (κ2) is 38.2. The average molecular weight is 1820 g/mol. The Morgan fingerprint density at radius 2 is 0.789 bits per heavy atom. The third-order valence-corrected chi connectivity index (χ3v) is 25.6. The van der Waals surface area contributed by atoms with Crippen LogP contribution in [0.4, 0.5) is 30.6 Å². The van der Waals surface area contributed by atoms with E-state index in [1.165, 1.54) is 38.0 Å². The highest BCUT2D eigenvalue weighted by Gasteiger charge is 2.39. The summed E-state index contributed by atoms with van der Waals surface area (Å²) in [6.07, 6.45) is 12.3. The molecule has 0 bridgehead atoms. The van der Waals surface area contributed by atoms with Crippen molar-refractivity contribution in [2.24, 2.45) is 11.8 Å². The van der Waals surface area contributed by atoms with Gasteiger partial charge in [0.25, 0.3) is 0 Å². The Morgan fingerprint density at radius 1 is 0.445 bits per heavy atom. The molecule has 12 heterocycles. The number of nitrogens with zero attached hydrogens (tertiary/aromatic N) is 19. The molecule has 1 N–H and O–H groups in total. The number of carbonyl (C=O) groups is 1. The fourth-order valence-electron chi connectivity index (χ4n) is 17.3. The van der Waals surface area contributed by atoms with Gasteiger partial charge in [0.05, 0.1) is 99.5 Å². The smallest absolute Gasteiger partial charge is 0.429 e. The normalized spacial score (nSPS) is 18.9. The molecule has 12 aromatic rings. The molecule has 18 rings (SSSR count). The van der Waals surface area contributed by atoms with Gasteiger partial charge >= 0.3 is 24.8 Å². The van der Waals surface area contributed by atoms with Crippen molar-refractivity contribution in [1.29, 1.82) is 0 Å². The molecule has 3 aliphatic heterocycles. The number of carbonyl (C=O) groups excluding carboxylic acids is 1. The van der Waals surface area contributed by atoms with Crippen molar-refractivity contribution in [3.8, 4) is 50.8 Å². The fraction of sp³-hybridized carbons (Fsp3) is 0.432. The maximum absolute atomic E-state index is 15.1. The number of amides is 1. The lowest BCUT2D eigenvalue weighted by Gasteiger charge is -2.44. The second-order valence-corrected chi connectivity index (χ2v) is 37.2. The number of anilines is 3. The van der Waals surface area contributed by atoms with Gasteiger partial charge in [0.2, 0.25) is 11.2 Å². The molecule has 3 saturated heterocycles. The SMILES string of the molecule is C=CC(=O)N1C[C@H](C)N(c2nc(=O)n(-c3c(C)nc(C4CC4)nc3C(C)C)c3nc(-c4ccccc4F)c(Cl)cc23)C[C@H]1C.Cc1nc(C2CC2)nc(C(C)C)c1-n1c(=O)nc(N2C[C@@H](C)CC[C@@H]2C)c2cc(Cl)c(-c3ccccc3F)nc21.Cc1nc(Cl)nc(C(C)C)c1-n1c(=O)nc(N2C[C@@H](C)CC[C@@H]2C)c2cc(Cl)c(-c3ccccc3F)nc21.O[B]OC1CC1. The molecule has 33 heteroatoms. The molecule has 6 atom stereocenters. The van der Waals surface area contributed by atoms with E-state index < -0.39 is 34.5 Å². The summed E-state index contributed by atoms with van der Waals surface area (Å²) < 4.78 is 53.9. The number of hydrogen-bond donors (Lipinski definition) is 1. The molecule has 6 fully saturated rings. The van der Waals surface area contributed by atoms with E-state index in [1.807, 2.05) is 60.3 Å². The lowest BCUT2D eigenvalue weighted by Crippen LogP contribution is -2.58. The zero-order chi connectivity index (χ0) is 91.4. The lowest BCUT2D eigenvalue weighted by molar-refractivity contribution is -0.128. The molecular weight excluding hydrogens is 1710 g/mol. The van der Waals surface area contributed by atoms with Crippen LogP contribution in [-0.2, 0) is 9.45 Å². The minimum Gasteiger partial charge on any atom is -0.429 e. The Labute approximate surface area is 762 Å². The van der Waals surface area contributed by atoms with Gasteiger partial charge in [-0.05, 0) is 215 Å². The van der Waals surface area contributed by atoms with Crippen LogP contribution in [0.1, 0.15) is 223 Å². The van der Waals surface area contributed by atoms with Crippen molar-refractivity contribution in [2.75, 3.05) is 40.9 Å². The topological polar surface area (TPSA) is 280 Å². The van der Waals surface area contributed by atoms with Gasteiger partial charge in [-0.2, -0.15) is 15.0 Å². The molecule has 25 nitrogen and oxygen atoms in total. The summed E-state index contributed by atoms with van der Waals surface area (Å²) in [5, 5.41) is 10.6. The summed E-state index contributed by atoms with van der Waals surface area (Å²) in [6.45, 7) is 36.2. The summed E-state index contributed by atoms with van der Waals surface area (Å²) in [4.78, 5) is 120. The fourth-order valence-corrected chi connectivity index (χ4v) is 18.2. The molecule has 3 aliphatic carbocycles. The predicted molar refractivity (Wildman–Crippen MR) is 499 cm³/mol. The number of aryl methyl sites for hydroxylation is 3. The van der Waals surface area contributed by atoms with E-state index in [-0.39, 0.29) is 103 Å². The Balaban J connectivity index is 0.000000143. The van der Waals surface area contributed by atoms with Gasteiger partial charge in [0.1, 0.15) is 46.6 Å². The lowest BCUT2D eigenvalue weighted by atomic mass is 9.95. The van der Waals surface area contributed by atoms with Gasteiger partial charge in [-0.15, -0.1) is 0 Å². The summed E-state index contributed by atoms with van der Waals surface area (Å²) >= 11 is 26.6. The highest BCUT2D eigenvalue weighted by molar-refractivity contribution is 6.35. The second-order valence-electron chi connectivity index (χ2n) is 35.7. The van der Waals surface area contributed by atoms with E-state index in [9.17, 15) is 28.0 Å². The monoisotopic (exact) mass is 1810 g/mol. The molecule has 128 heavy (non-hydrogen) atoms. The zero-order valence-electron chi connectivity index (χ0n) is 74.5. The van der Waals surface area contributed by atoms with E-state index in [1.54, 1.807) is 84.6 Å². The Bertz CT molecular complexity index is 6510. The maximum atomic E-state index is 15.1. The summed E-state index contributed by atoms with van der Waals surface area (Å²) in [5.41, 5.74) is 6.38. The van der Waals surface area contributed by atoms with E-state index >= 15 is 4.39 Å². The van der Waals surface area contributed by atoms with E-state index in [4.69, 9.17) is 86.3 Å². The van der Waals surface area contributed by atoms with Crippen LogP contribution >= 0.6 is 46.4 Å². The quantitative estimate of drug-likeness (QED) is 0.0503. The first-order valence-electron chi connectivity index (χ1n) is 43.9. The van der Waals surface area contributed by atoms with Crippen molar-refractivity contribution < 1.29 is 27.6 Å². The standard InChI is InChI=1S/C33H35ClFN7O2.C31H34ClFN6O.C28H29Cl2FN6O.C3H6BO2/c1-7-26(43)40-15-19(5)41(16-18(40)4)31-23-14-24(34)28(22-10-8-9-11-25(22)35)38-32(23)42(33(44)39-31)29-20(6)36-30(21-12-13-21)37-27(29)17(2)3;1-16(2)25-27(19(5)34-28(35-25)20-12-13-20)39-30-22(14-23(32)26(36-30)21-8-6-7-9-24(21)33)29(37-31(39)40)38-15-17(3)10-11-18(38)4;1-14(2)22-24(17(5)32-27(30)34-22)37-26-19(12-20(29)23(33-26)18-8-6-7-9-21(18)31)25(35-28(37)38)36-13-15(3)10-11-16(36)4;5-4-6-3-1-2-3/h7-11,14,17-19,21H,1,12-13,15-16H2,2-6H3;6-9,14,16-18,20H,10-13,15H2,1-5H3;6-9,12,14-16H,10-11,13H2,1-5H3;3,5H,1-2H2/t18-,19+;17-,18-;15-,16-;/m100./s1. The van der Waals surface area contributed by atoms with Crippen molar-refractivity contribution in [3.05, 3.63) is 219 Å². The third kappa shape index (κ3) is 18.9. The molecule has 1 amide bonds. The van der Waals surface area contributed by atoms with Crippen LogP contribution < -0.4 is 31.8 Å². The number of halogens is 7. The van der Waals surface area contributed by atoms with Crippen molar-refractivity contribution >= 4 is 111 Å². The van der Waals surface area contributed by atoms with Gasteiger partial charge in [0, 0.05) is 85.0 Å². The first-order valence-corrected chi connectivity index (χ1v) is 45.5. The third-order valence-electron chi connectivity index (χ3n) is 24.5. The van der Waals surface area contributed by atoms with Gasteiger partial charge in [-0.25, -0.2) is 86.1 Å². The van der Waals surface area contributed by atoms with Gasteiger partial charge in [-0.1, -0.05) is 133 Å². The van der Waals surface area contributed by atoms with Crippen LogP contribution in [0.5, 0.6) is 0 Å². The number of piperidine rings is 2. The van der Waals surface area contributed by atoms with Gasteiger partial charge in [-0.3, -0.25) is 4.79 Å². The molecule has 6 aliphatic rings. The van der Waals surface area contributed by atoms with Crippen molar-refractivity contribution in [2.45, 2.75) is 228 Å². The van der Waals surface area contributed by atoms with Gasteiger partial charge in [0.15, 0.2) is 16.9 Å². The summed E-state index contributed by atoms with van der Waals surface area (Å²) in [5.74, 6) is 3.07. The number of aromatic nitrogens is 15. The van der Waals surface area contributed by atoms with Crippen molar-refractivity contribution in [3.63, 3.8) is 0 Å². The molecule has 3 aromatic carbocycles. The minimum atomic E-state index is -0.556. The number of pyridine rings is 3. The Morgan fingerprint density at radius 3 is 1.11 bits per heavy atom. The van der Waals surface area contributed by atoms with E-state index in [0.717, 1.165) is 108 Å². The van der Waals surface area contributed by atoms with Gasteiger partial charge < -0.3 is 29.3 Å². The highest BCUT2D eigenvalue weighted by atomic mass is 35.5. The number of benzene rings is 3. The van der Waals surface area contributed by atoms with Crippen LogP contribution in [0.2, 0.25) is 20.4 Å². The predicted octanol–water partition coefficient (Wildman–Crippen LogP) is 19.3. The number of rotatable bonds is 17. The van der Waals surface area contributed by atoms with Crippen LogP contribution in [-0.4, -0.2) is 153 Å². The molecule has 0 spiro atoms. The average Bonchev–Trinajstić information content (AvgIpc) is 0.922. The molecule has 3 saturated carbocycles. The van der Waals surface area contributed by atoms with Crippen LogP contribution in [0.15, 0.2) is 118 Å². The van der Waals surface area contributed by atoms with Crippen LogP contribution in [0.3, 0.4) is 0 Å². The number of fused-ring (bicyclic) bond motifs is 3. The number of hydrogen-bond acceptors (Lipinski definition) is 21. The van der Waals surface area contributed by atoms with Crippen molar-refractivity contribution in [1.82, 2.24) is 78.4 Å². The summed E-state index contributed by atoms with van der Waals surface area (Å²) in [7, 11) is 0.762. The van der Waals surface area contributed by atoms with E-state index in [2.05, 4.69) is 87.5 Å². The molecule has 9 aromatic heterocycles. The first kappa shape index (κ1) is 92.0. The van der Waals surface area contributed by atoms with E-state index in [0.29, 0.717) is 133 Å². The summed E-state index contributed by atoms with van der Waals surface area (Å²) in [6, 6.07) is 24.2. The molecular formula is C95H104BCl4F3N19O6. The first-order chi connectivity index (χ1) is 61.1. The Hall–Kier alpha value is -10.7. The molecule has 0 unspecified atom stereocenters. The molecule has 1 radical (unpaired) electrons. The Kier molecular flexibility index (Phi) is 27.4. The minimum absolute atomic E-state index is 0.0251. The maximum Gasteiger partial charge on any atom is 0.485 e. The zero-order valence-corrected chi connectivity index (χ0v) is 77.5. The largest absolute Gasteiger partial charge is 0.485 e. The van der Waals surface area contributed by atoms with Crippen LogP contribution in [0.25, 0.3) is 83.9 Å². The van der Waals surface area contributed by atoms with Crippen LogP contribution in [0, 0.1) is 50.1 Å². The molecule has 667 valence electrons. The number of piperazine rings is 1. The highest BCUT2D eigenvalue weighted by Crippen LogP contribution is 2.46.